The summed E-state index contributed by atoms with van der Waals surface area (Å²) in [4.78, 5) is 14.7. The lowest BCUT2D eigenvalue weighted by Gasteiger charge is -2.34. The molecule has 2 aromatic rings. The average molecular weight is 286 g/mol. The highest BCUT2D eigenvalue weighted by Crippen LogP contribution is 2.25. The SMILES string of the molecule is CC(O)C1CCCN(C(=O)c2cccc3c2ccn3C)C1. The molecule has 1 aliphatic rings. The second-order valence-corrected chi connectivity index (χ2v) is 6.06. The first-order valence-corrected chi connectivity index (χ1v) is 7.59. The highest BCUT2D eigenvalue weighted by molar-refractivity contribution is 6.06. The molecule has 1 aliphatic heterocycles. The van der Waals surface area contributed by atoms with Crippen LogP contribution in [0.15, 0.2) is 30.5 Å². The van der Waals surface area contributed by atoms with E-state index < -0.39 is 0 Å². The van der Waals surface area contributed by atoms with E-state index in [1.807, 2.05) is 53.9 Å². The van der Waals surface area contributed by atoms with Gasteiger partial charge in [0.2, 0.25) is 0 Å². The predicted octanol–water partition coefficient (Wildman–Crippen LogP) is 2.41. The van der Waals surface area contributed by atoms with E-state index in [4.69, 9.17) is 0 Å². The van der Waals surface area contributed by atoms with E-state index in [-0.39, 0.29) is 17.9 Å². The summed E-state index contributed by atoms with van der Waals surface area (Å²) in [5, 5.41) is 10.8. The maximum absolute atomic E-state index is 12.8. The van der Waals surface area contributed by atoms with Crippen LogP contribution in [0.1, 0.15) is 30.1 Å². The summed E-state index contributed by atoms with van der Waals surface area (Å²) in [6, 6.07) is 7.86. The first kappa shape index (κ1) is 14.1. The molecule has 21 heavy (non-hydrogen) atoms. The summed E-state index contributed by atoms with van der Waals surface area (Å²) < 4.78 is 2.03. The minimum atomic E-state index is -0.354. The minimum Gasteiger partial charge on any atom is -0.393 e. The Morgan fingerprint density at radius 2 is 2.19 bits per heavy atom. The highest BCUT2D eigenvalue weighted by Gasteiger charge is 2.27. The molecule has 0 spiro atoms. The van der Waals surface area contributed by atoms with Gasteiger partial charge in [-0.25, -0.2) is 0 Å². The van der Waals surface area contributed by atoms with Crippen LogP contribution in [0.5, 0.6) is 0 Å². The van der Waals surface area contributed by atoms with Gasteiger partial charge in [0.15, 0.2) is 0 Å². The average Bonchev–Trinajstić information content (AvgIpc) is 2.88. The molecule has 1 aromatic carbocycles. The van der Waals surface area contributed by atoms with Gasteiger partial charge in [-0.05, 0) is 38.0 Å². The van der Waals surface area contributed by atoms with E-state index >= 15 is 0 Å². The first-order chi connectivity index (χ1) is 10.1. The number of hydrogen-bond acceptors (Lipinski definition) is 2. The van der Waals surface area contributed by atoms with Crippen LogP contribution in [0.25, 0.3) is 10.9 Å². The smallest absolute Gasteiger partial charge is 0.254 e. The first-order valence-electron chi connectivity index (χ1n) is 7.59. The molecule has 4 heteroatoms. The molecular weight excluding hydrogens is 264 g/mol. The van der Waals surface area contributed by atoms with Crippen LogP contribution >= 0.6 is 0 Å². The normalized spacial score (nSPS) is 20.7. The van der Waals surface area contributed by atoms with Crippen molar-refractivity contribution in [3.8, 4) is 0 Å². The Morgan fingerprint density at radius 3 is 2.95 bits per heavy atom. The Kier molecular flexibility index (Phi) is 3.72. The number of rotatable bonds is 2. The van der Waals surface area contributed by atoms with Gasteiger partial charge < -0.3 is 14.6 Å². The number of fused-ring (bicyclic) bond motifs is 1. The molecule has 2 heterocycles. The van der Waals surface area contributed by atoms with Crippen LogP contribution in [-0.4, -0.2) is 39.7 Å². The standard InChI is InChI=1S/C17H22N2O2/c1-12(20)13-5-4-9-19(11-13)17(21)15-6-3-7-16-14(15)8-10-18(16)2/h3,6-8,10,12-13,20H,4-5,9,11H2,1-2H3. The largest absolute Gasteiger partial charge is 0.393 e. The van der Waals surface area contributed by atoms with Crippen molar-refractivity contribution in [2.24, 2.45) is 13.0 Å². The summed E-state index contributed by atoms with van der Waals surface area (Å²) in [6.45, 7) is 3.25. The maximum atomic E-state index is 12.8. The van der Waals surface area contributed by atoms with Crippen LogP contribution in [0.2, 0.25) is 0 Å². The molecule has 0 radical (unpaired) electrons. The summed E-state index contributed by atoms with van der Waals surface area (Å²) in [5.74, 6) is 0.273. The zero-order valence-corrected chi connectivity index (χ0v) is 12.6. The second-order valence-electron chi connectivity index (χ2n) is 6.06. The summed E-state index contributed by atoms with van der Waals surface area (Å²) in [5.41, 5.74) is 1.84. The van der Waals surface area contributed by atoms with Crippen molar-refractivity contribution in [1.82, 2.24) is 9.47 Å². The molecule has 1 aromatic heterocycles. The Bertz CT molecular complexity index is 660. The number of likely N-dealkylation sites (tertiary alicyclic amines) is 1. The second kappa shape index (κ2) is 5.53. The number of piperidine rings is 1. The topological polar surface area (TPSA) is 45.5 Å². The fourth-order valence-electron chi connectivity index (χ4n) is 3.25. The number of carbonyl (C=O) groups excluding carboxylic acids is 1. The number of aliphatic hydroxyl groups excluding tert-OH is 1. The van der Waals surface area contributed by atoms with Crippen LogP contribution in [-0.2, 0) is 7.05 Å². The van der Waals surface area contributed by atoms with Crippen LogP contribution in [0, 0.1) is 5.92 Å². The third kappa shape index (κ3) is 2.56. The van der Waals surface area contributed by atoms with E-state index in [0.717, 1.165) is 35.9 Å². The van der Waals surface area contributed by atoms with Gasteiger partial charge in [-0.1, -0.05) is 6.07 Å². The number of amides is 1. The zero-order chi connectivity index (χ0) is 15.0. The summed E-state index contributed by atoms with van der Waals surface area (Å²) in [6.07, 6.45) is 3.59. The van der Waals surface area contributed by atoms with E-state index in [9.17, 15) is 9.90 Å². The fourth-order valence-corrected chi connectivity index (χ4v) is 3.25. The number of aryl methyl sites for hydroxylation is 1. The monoisotopic (exact) mass is 286 g/mol. The summed E-state index contributed by atoms with van der Waals surface area (Å²) >= 11 is 0. The van der Waals surface area contributed by atoms with Crippen molar-refractivity contribution in [2.75, 3.05) is 13.1 Å². The van der Waals surface area contributed by atoms with Crippen LogP contribution in [0.4, 0.5) is 0 Å². The lowest BCUT2D eigenvalue weighted by Crippen LogP contribution is -2.43. The van der Waals surface area contributed by atoms with Gasteiger partial charge in [-0.15, -0.1) is 0 Å². The van der Waals surface area contributed by atoms with Crippen molar-refractivity contribution in [3.63, 3.8) is 0 Å². The van der Waals surface area contributed by atoms with E-state index in [0.29, 0.717) is 6.54 Å². The van der Waals surface area contributed by atoms with Gasteiger partial charge >= 0.3 is 0 Å². The van der Waals surface area contributed by atoms with Crippen molar-refractivity contribution in [2.45, 2.75) is 25.9 Å². The number of carbonyl (C=O) groups is 1. The van der Waals surface area contributed by atoms with Gasteiger partial charge in [-0.3, -0.25) is 4.79 Å². The Hall–Kier alpha value is -1.81. The van der Waals surface area contributed by atoms with Crippen LogP contribution < -0.4 is 0 Å². The molecule has 1 fully saturated rings. The number of benzene rings is 1. The molecule has 1 N–H and O–H groups in total. The van der Waals surface area contributed by atoms with E-state index in [1.165, 1.54) is 0 Å². The Balaban J connectivity index is 1.90. The molecule has 2 unspecified atom stereocenters. The zero-order valence-electron chi connectivity index (χ0n) is 12.6. The van der Waals surface area contributed by atoms with Gasteiger partial charge in [0.05, 0.1) is 6.10 Å². The third-order valence-electron chi connectivity index (χ3n) is 4.59. The molecule has 1 amide bonds. The van der Waals surface area contributed by atoms with Gasteiger partial charge in [-0.2, -0.15) is 0 Å². The van der Waals surface area contributed by atoms with E-state index in [1.54, 1.807) is 0 Å². The maximum Gasteiger partial charge on any atom is 0.254 e. The molecule has 1 saturated heterocycles. The quantitative estimate of drug-likeness (QED) is 0.921. The van der Waals surface area contributed by atoms with Crippen molar-refractivity contribution in [3.05, 3.63) is 36.0 Å². The number of aromatic nitrogens is 1. The van der Waals surface area contributed by atoms with Crippen LogP contribution in [0.3, 0.4) is 0 Å². The lowest BCUT2D eigenvalue weighted by molar-refractivity contribution is 0.0467. The van der Waals surface area contributed by atoms with Gasteiger partial charge in [0, 0.05) is 48.7 Å². The minimum absolute atomic E-state index is 0.0807. The highest BCUT2D eigenvalue weighted by atomic mass is 16.3. The van der Waals surface area contributed by atoms with Crippen molar-refractivity contribution < 1.29 is 9.90 Å². The fraction of sp³-hybridized carbons (Fsp3) is 0.471. The molecule has 0 saturated carbocycles. The van der Waals surface area contributed by atoms with Crippen molar-refractivity contribution >= 4 is 16.8 Å². The summed E-state index contributed by atoms with van der Waals surface area (Å²) in [7, 11) is 1.99. The lowest BCUT2D eigenvalue weighted by atomic mass is 9.93. The molecular formula is C17H22N2O2. The van der Waals surface area contributed by atoms with Crippen molar-refractivity contribution in [1.29, 1.82) is 0 Å². The molecule has 0 aliphatic carbocycles. The predicted molar refractivity (Wildman–Crippen MR) is 83.2 cm³/mol. The molecule has 112 valence electrons. The van der Waals surface area contributed by atoms with Gasteiger partial charge in [0.1, 0.15) is 0 Å². The number of aliphatic hydroxyl groups is 1. The Morgan fingerprint density at radius 1 is 1.38 bits per heavy atom. The molecule has 2 atom stereocenters. The van der Waals surface area contributed by atoms with E-state index in [2.05, 4.69) is 0 Å². The van der Waals surface area contributed by atoms with Gasteiger partial charge in [0.25, 0.3) is 5.91 Å². The Labute approximate surface area is 125 Å². The number of hydrogen-bond donors (Lipinski definition) is 1. The third-order valence-corrected chi connectivity index (χ3v) is 4.59. The number of nitrogens with zero attached hydrogens (tertiary/aromatic N) is 2. The molecule has 3 rings (SSSR count). The molecule has 0 bridgehead atoms. The molecule has 4 nitrogen and oxygen atoms in total.